The molecule has 0 radical (unpaired) electrons. The molecule has 0 saturated carbocycles. The van der Waals surface area contributed by atoms with Gasteiger partial charge in [0, 0.05) is 19.8 Å². The molecule has 0 bridgehead atoms. The highest BCUT2D eigenvalue weighted by Crippen LogP contribution is 2.35. The molecule has 18 heavy (non-hydrogen) atoms. The Labute approximate surface area is 120 Å². The first-order chi connectivity index (χ1) is 8.40. The molecule has 2 aromatic rings. The molecule has 2 rings (SSSR count). The predicted molar refractivity (Wildman–Crippen MR) is 72.2 cm³/mol. The zero-order chi connectivity index (χ0) is 13.4. The van der Waals surface area contributed by atoms with Crippen molar-refractivity contribution >= 4 is 38.9 Å². The number of halogens is 4. The summed E-state index contributed by atoms with van der Waals surface area (Å²) in [6.07, 6.45) is -1.20. The first-order valence-corrected chi connectivity index (χ1v) is 6.97. The van der Waals surface area contributed by atoms with E-state index in [0.717, 1.165) is 21.5 Å². The molecule has 1 aromatic heterocycles. The van der Waals surface area contributed by atoms with Crippen LogP contribution in [0.25, 0.3) is 0 Å². The van der Waals surface area contributed by atoms with Crippen LogP contribution in [0.3, 0.4) is 0 Å². The third kappa shape index (κ3) is 2.59. The Morgan fingerprint density at radius 1 is 1.28 bits per heavy atom. The quantitative estimate of drug-likeness (QED) is 0.767. The van der Waals surface area contributed by atoms with E-state index in [-0.39, 0.29) is 10.6 Å². The lowest BCUT2D eigenvalue weighted by molar-refractivity contribution is 0.218. The van der Waals surface area contributed by atoms with Crippen molar-refractivity contribution in [1.82, 2.24) is 0 Å². The third-order valence-corrected chi connectivity index (χ3v) is 4.96. The molecule has 1 N–H and O–H groups in total. The van der Waals surface area contributed by atoms with Crippen molar-refractivity contribution in [1.29, 1.82) is 0 Å². The summed E-state index contributed by atoms with van der Waals surface area (Å²) in [7, 11) is 0. The largest absolute Gasteiger partial charge is 0.383 e. The van der Waals surface area contributed by atoms with E-state index in [9.17, 15) is 13.9 Å². The first kappa shape index (κ1) is 13.9. The molecule has 1 aromatic carbocycles. The molecule has 1 heterocycles. The smallest absolute Gasteiger partial charge is 0.142 e. The summed E-state index contributed by atoms with van der Waals surface area (Å²) in [4.78, 5) is 1.50. The number of aliphatic hydroxyl groups is 1. The van der Waals surface area contributed by atoms with E-state index in [1.165, 1.54) is 11.3 Å². The molecule has 1 atom stereocenters. The van der Waals surface area contributed by atoms with Gasteiger partial charge in [-0.25, -0.2) is 8.78 Å². The molecule has 0 fully saturated rings. The molecule has 0 aliphatic heterocycles. The van der Waals surface area contributed by atoms with Crippen LogP contribution in [0.1, 0.15) is 21.4 Å². The van der Waals surface area contributed by atoms with E-state index >= 15 is 0 Å². The summed E-state index contributed by atoms with van der Waals surface area (Å²) in [6, 6.07) is 3.48. The van der Waals surface area contributed by atoms with Gasteiger partial charge in [-0.2, -0.15) is 0 Å². The molecule has 0 aliphatic rings. The number of rotatable bonds is 2. The van der Waals surface area contributed by atoms with E-state index in [0.29, 0.717) is 4.88 Å². The SMILES string of the molecule is Cc1sc(C(O)c2cc(F)c(Cl)cc2F)cc1Br. The molecular weight excluding hydrogens is 346 g/mol. The van der Waals surface area contributed by atoms with Crippen LogP contribution in [0, 0.1) is 18.6 Å². The summed E-state index contributed by atoms with van der Waals surface area (Å²) in [5.41, 5.74) is -0.120. The van der Waals surface area contributed by atoms with E-state index in [2.05, 4.69) is 15.9 Å². The third-order valence-electron chi connectivity index (χ3n) is 2.48. The number of aliphatic hydroxyl groups excluding tert-OH is 1. The summed E-state index contributed by atoms with van der Waals surface area (Å²) >= 11 is 10.1. The lowest BCUT2D eigenvalue weighted by atomic mass is 10.1. The predicted octanol–water partition coefficient (Wildman–Crippen LogP) is 4.83. The van der Waals surface area contributed by atoms with Gasteiger partial charge in [0.05, 0.1) is 5.02 Å². The van der Waals surface area contributed by atoms with Crippen molar-refractivity contribution in [3.05, 3.63) is 54.6 Å². The monoisotopic (exact) mass is 352 g/mol. The Hall–Kier alpha value is -0.490. The van der Waals surface area contributed by atoms with Gasteiger partial charge in [-0.3, -0.25) is 0 Å². The molecule has 0 spiro atoms. The first-order valence-electron chi connectivity index (χ1n) is 4.98. The van der Waals surface area contributed by atoms with Gasteiger partial charge in [0.25, 0.3) is 0 Å². The van der Waals surface area contributed by atoms with Gasteiger partial charge in [0.15, 0.2) is 0 Å². The van der Waals surface area contributed by atoms with Crippen LogP contribution < -0.4 is 0 Å². The molecule has 96 valence electrons. The Kier molecular flexibility index (Phi) is 4.06. The molecule has 6 heteroatoms. The molecule has 1 unspecified atom stereocenters. The van der Waals surface area contributed by atoms with Crippen molar-refractivity contribution in [2.24, 2.45) is 0 Å². The van der Waals surface area contributed by atoms with E-state index in [4.69, 9.17) is 11.6 Å². The van der Waals surface area contributed by atoms with Crippen LogP contribution in [0.5, 0.6) is 0 Å². The minimum Gasteiger partial charge on any atom is -0.383 e. The van der Waals surface area contributed by atoms with E-state index in [1.54, 1.807) is 6.07 Å². The van der Waals surface area contributed by atoms with Crippen molar-refractivity contribution in [2.45, 2.75) is 13.0 Å². The summed E-state index contributed by atoms with van der Waals surface area (Å²) in [6.45, 7) is 1.86. The van der Waals surface area contributed by atoms with Crippen LogP contribution in [0.4, 0.5) is 8.78 Å². The lowest BCUT2D eigenvalue weighted by Gasteiger charge is -2.10. The Morgan fingerprint density at radius 3 is 2.50 bits per heavy atom. The lowest BCUT2D eigenvalue weighted by Crippen LogP contribution is -2.01. The van der Waals surface area contributed by atoms with Gasteiger partial charge >= 0.3 is 0 Å². The average molecular weight is 354 g/mol. The highest BCUT2D eigenvalue weighted by molar-refractivity contribution is 9.10. The van der Waals surface area contributed by atoms with Gasteiger partial charge in [-0.15, -0.1) is 11.3 Å². The van der Waals surface area contributed by atoms with Crippen LogP contribution in [0.2, 0.25) is 5.02 Å². The van der Waals surface area contributed by atoms with Crippen LogP contribution >= 0.6 is 38.9 Å². The zero-order valence-corrected chi connectivity index (χ0v) is 12.3. The number of benzene rings is 1. The van der Waals surface area contributed by atoms with Crippen LogP contribution in [-0.4, -0.2) is 5.11 Å². The van der Waals surface area contributed by atoms with Gasteiger partial charge in [0.2, 0.25) is 0 Å². The molecule has 0 aliphatic carbocycles. The maximum Gasteiger partial charge on any atom is 0.142 e. The van der Waals surface area contributed by atoms with Crippen molar-refractivity contribution < 1.29 is 13.9 Å². The Morgan fingerprint density at radius 2 is 1.94 bits per heavy atom. The summed E-state index contributed by atoms with van der Waals surface area (Å²) in [5, 5.41) is 9.77. The van der Waals surface area contributed by atoms with Crippen molar-refractivity contribution in [2.75, 3.05) is 0 Å². The highest BCUT2D eigenvalue weighted by atomic mass is 79.9. The van der Waals surface area contributed by atoms with Crippen LogP contribution in [-0.2, 0) is 0 Å². The second-order valence-corrected chi connectivity index (χ2v) is 6.29. The number of aryl methyl sites for hydroxylation is 1. The fourth-order valence-corrected chi connectivity index (χ4v) is 3.23. The average Bonchev–Trinajstić information content (AvgIpc) is 2.63. The zero-order valence-electron chi connectivity index (χ0n) is 9.18. The van der Waals surface area contributed by atoms with E-state index in [1.807, 2.05) is 6.92 Å². The Balaban J connectivity index is 2.45. The normalized spacial score (nSPS) is 12.8. The number of hydrogen-bond acceptors (Lipinski definition) is 2. The van der Waals surface area contributed by atoms with Gasteiger partial charge in [-0.05, 0) is 41.1 Å². The van der Waals surface area contributed by atoms with E-state index < -0.39 is 17.7 Å². The Bertz CT molecular complexity index is 581. The maximum absolute atomic E-state index is 13.7. The highest BCUT2D eigenvalue weighted by Gasteiger charge is 2.20. The fraction of sp³-hybridized carbons (Fsp3) is 0.167. The number of hydrogen-bond donors (Lipinski definition) is 1. The fourth-order valence-electron chi connectivity index (χ4n) is 1.52. The maximum atomic E-state index is 13.7. The minimum atomic E-state index is -1.20. The summed E-state index contributed by atoms with van der Waals surface area (Å²) in [5.74, 6) is -1.48. The second-order valence-electron chi connectivity index (χ2n) is 3.74. The van der Waals surface area contributed by atoms with Crippen LogP contribution in [0.15, 0.2) is 22.7 Å². The van der Waals surface area contributed by atoms with Gasteiger partial charge in [0.1, 0.15) is 17.7 Å². The second kappa shape index (κ2) is 5.25. The summed E-state index contributed by atoms with van der Waals surface area (Å²) < 4.78 is 27.8. The topological polar surface area (TPSA) is 20.2 Å². The molecule has 0 amide bonds. The molecule has 0 saturated heterocycles. The minimum absolute atomic E-state index is 0.120. The van der Waals surface area contributed by atoms with Crippen molar-refractivity contribution in [3.8, 4) is 0 Å². The molecule has 1 nitrogen and oxygen atoms in total. The number of thiophene rings is 1. The molecular formula is C12H8BrClF2OS. The van der Waals surface area contributed by atoms with Crippen molar-refractivity contribution in [3.63, 3.8) is 0 Å². The standard InChI is InChI=1S/C12H8BrClF2OS/c1-5-7(13)3-11(18-5)12(17)6-2-10(16)8(14)4-9(6)15/h2-4,12,17H,1H3. The van der Waals surface area contributed by atoms with Gasteiger partial charge in [-0.1, -0.05) is 11.6 Å². The van der Waals surface area contributed by atoms with Gasteiger partial charge < -0.3 is 5.11 Å².